The summed E-state index contributed by atoms with van der Waals surface area (Å²) in [6.07, 6.45) is 1.31. The fourth-order valence-corrected chi connectivity index (χ4v) is 3.74. The van der Waals surface area contributed by atoms with Gasteiger partial charge in [0.2, 0.25) is 0 Å². The summed E-state index contributed by atoms with van der Waals surface area (Å²) >= 11 is 0. The van der Waals surface area contributed by atoms with Crippen molar-refractivity contribution in [3.8, 4) is 5.75 Å². The van der Waals surface area contributed by atoms with E-state index in [2.05, 4.69) is 5.32 Å². The number of rotatable bonds is 7. The number of hydrogen-bond donors (Lipinski definition) is 2. The summed E-state index contributed by atoms with van der Waals surface area (Å²) in [6, 6.07) is 6.42. The second kappa shape index (κ2) is 7.96. The average Bonchev–Trinajstić information content (AvgIpc) is 2.94. The SMILES string of the molecule is COc1ccc(C2(CN3C(=O)N[C@@H](CCC(=O)O)C3=O)CCOCC2)cc1. The summed E-state index contributed by atoms with van der Waals surface area (Å²) < 4.78 is 10.7. The van der Waals surface area contributed by atoms with Crippen molar-refractivity contribution in [1.82, 2.24) is 10.2 Å². The van der Waals surface area contributed by atoms with Crippen molar-refractivity contribution >= 4 is 17.9 Å². The highest BCUT2D eigenvalue weighted by atomic mass is 16.5. The number of nitrogens with zero attached hydrogens (tertiary/aromatic N) is 1. The summed E-state index contributed by atoms with van der Waals surface area (Å²) in [5.74, 6) is -0.611. The second-order valence-electron chi connectivity index (χ2n) is 6.98. The number of nitrogens with one attached hydrogen (secondary N) is 1. The van der Waals surface area contributed by atoms with Crippen molar-refractivity contribution in [2.24, 2.45) is 0 Å². The van der Waals surface area contributed by atoms with Crippen molar-refractivity contribution in [3.05, 3.63) is 29.8 Å². The van der Waals surface area contributed by atoms with Crippen LogP contribution in [0.25, 0.3) is 0 Å². The third kappa shape index (κ3) is 4.05. The average molecular weight is 376 g/mol. The van der Waals surface area contributed by atoms with Gasteiger partial charge in [-0.15, -0.1) is 0 Å². The molecule has 3 amide bonds. The predicted octanol–water partition coefficient (Wildman–Crippen LogP) is 1.53. The van der Waals surface area contributed by atoms with Crippen LogP contribution >= 0.6 is 0 Å². The van der Waals surface area contributed by atoms with Crippen molar-refractivity contribution in [2.45, 2.75) is 37.1 Å². The number of ether oxygens (including phenoxy) is 2. The van der Waals surface area contributed by atoms with E-state index in [0.717, 1.165) is 11.3 Å². The Labute approximate surface area is 157 Å². The Balaban J connectivity index is 1.80. The maximum atomic E-state index is 12.7. The normalized spacial score (nSPS) is 21.8. The monoisotopic (exact) mass is 376 g/mol. The Hall–Kier alpha value is -2.61. The molecule has 0 spiro atoms. The number of amides is 3. The van der Waals surface area contributed by atoms with Crippen molar-refractivity contribution in [1.29, 1.82) is 0 Å². The molecule has 2 saturated heterocycles. The number of hydrogen-bond acceptors (Lipinski definition) is 5. The number of carbonyl (C=O) groups excluding carboxylic acids is 2. The molecule has 0 aromatic heterocycles. The van der Waals surface area contributed by atoms with E-state index in [9.17, 15) is 14.4 Å². The lowest BCUT2D eigenvalue weighted by atomic mass is 9.73. The molecule has 1 aromatic carbocycles. The number of carboxylic acid groups (broad SMARTS) is 1. The fourth-order valence-electron chi connectivity index (χ4n) is 3.74. The Morgan fingerprint density at radius 1 is 1.30 bits per heavy atom. The molecule has 146 valence electrons. The summed E-state index contributed by atoms with van der Waals surface area (Å²) in [7, 11) is 1.60. The largest absolute Gasteiger partial charge is 0.497 e. The van der Waals surface area contributed by atoms with Crippen LogP contribution in [0.15, 0.2) is 24.3 Å². The smallest absolute Gasteiger partial charge is 0.324 e. The van der Waals surface area contributed by atoms with Crippen LogP contribution < -0.4 is 10.1 Å². The molecular formula is C19H24N2O6. The topological polar surface area (TPSA) is 105 Å². The van der Waals surface area contributed by atoms with Crippen LogP contribution in [0.3, 0.4) is 0 Å². The maximum Gasteiger partial charge on any atom is 0.324 e. The molecule has 3 rings (SSSR count). The Morgan fingerprint density at radius 3 is 2.56 bits per heavy atom. The quantitative estimate of drug-likeness (QED) is 0.699. The van der Waals surface area contributed by atoms with Crippen LogP contribution in [0.1, 0.15) is 31.2 Å². The van der Waals surface area contributed by atoms with Gasteiger partial charge in [-0.05, 0) is 37.0 Å². The summed E-state index contributed by atoms with van der Waals surface area (Å²) in [4.78, 5) is 37.1. The zero-order chi connectivity index (χ0) is 19.4. The fraction of sp³-hybridized carbons (Fsp3) is 0.526. The maximum absolute atomic E-state index is 12.7. The Morgan fingerprint density at radius 2 is 1.96 bits per heavy atom. The Bertz CT molecular complexity index is 711. The lowest BCUT2D eigenvalue weighted by Gasteiger charge is -2.39. The van der Waals surface area contributed by atoms with E-state index in [1.807, 2.05) is 24.3 Å². The van der Waals surface area contributed by atoms with Crippen molar-refractivity contribution in [3.63, 3.8) is 0 Å². The van der Waals surface area contributed by atoms with Gasteiger partial charge in [0.25, 0.3) is 5.91 Å². The molecule has 8 nitrogen and oxygen atoms in total. The number of benzene rings is 1. The summed E-state index contributed by atoms with van der Waals surface area (Å²) in [6.45, 7) is 1.35. The molecular weight excluding hydrogens is 352 g/mol. The van der Waals surface area contributed by atoms with Gasteiger partial charge in [-0.3, -0.25) is 14.5 Å². The number of methoxy groups -OCH3 is 1. The first kappa shape index (κ1) is 19.2. The highest BCUT2D eigenvalue weighted by Gasteiger charge is 2.44. The number of carboxylic acids is 1. The van der Waals surface area contributed by atoms with Gasteiger partial charge in [0.05, 0.1) is 7.11 Å². The van der Waals surface area contributed by atoms with Crippen LogP contribution in [-0.2, 0) is 19.7 Å². The second-order valence-corrected chi connectivity index (χ2v) is 6.98. The van der Waals surface area contributed by atoms with Gasteiger partial charge in [-0.2, -0.15) is 0 Å². The van der Waals surface area contributed by atoms with Crippen LogP contribution in [0.2, 0.25) is 0 Å². The molecule has 2 fully saturated rings. The van der Waals surface area contributed by atoms with Gasteiger partial charge >= 0.3 is 12.0 Å². The minimum absolute atomic E-state index is 0.0923. The van der Waals surface area contributed by atoms with E-state index in [-0.39, 0.29) is 30.7 Å². The van der Waals surface area contributed by atoms with Crippen LogP contribution in [0.5, 0.6) is 5.75 Å². The lowest BCUT2D eigenvalue weighted by Crippen LogP contribution is -2.47. The number of imide groups is 1. The molecule has 8 heteroatoms. The molecule has 2 aliphatic heterocycles. The molecule has 2 aliphatic rings. The van der Waals surface area contributed by atoms with Crippen LogP contribution in [0.4, 0.5) is 4.79 Å². The zero-order valence-corrected chi connectivity index (χ0v) is 15.3. The molecule has 0 aliphatic carbocycles. The van der Waals surface area contributed by atoms with Gasteiger partial charge in [-0.1, -0.05) is 12.1 Å². The zero-order valence-electron chi connectivity index (χ0n) is 15.3. The number of carbonyl (C=O) groups is 3. The van der Waals surface area contributed by atoms with E-state index in [1.54, 1.807) is 7.11 Å². The third-order valence-corrected chi connectivity index (χ3v) is 5.37. The third-order valence-electron chi connectivity index (χ3n) is 5.37. The van der Waals surface area contributed by atoms with E-state index < -0.39 is 18.0 Å². The highest BCUT2D eigenvalue weighted by Crippen LogP contribution is 2.37. The molecule has 27 heavy (non-hydrogen) atoms. The summed E-state index contributed by atoms with van der Waals surface area (Å²) in [5, 5.41) is 11.4. The molecule has 0 unspecified atom stereocenters. The van der Waals surface area contributed by atoms with E-state index in [0.29, 0.717) is 26.1 Å². The van der Waals surface area contributed by atoms with Gasteiger partial charge in [0, 0.05) is 31.6 Å². The van der Waals surface area contributed by atoms with Gasteiger partial charge < -0.3 is 19.9 Å². The molecule has 1 atom stereocenters. The predicted molar refractivity (Wildman–Crippen MR) is 95.6 cm³/mol. The standard InChI is InChI=1S/C19H24N2O6/c1-26-14-4-2-13(3-5-14)19(8-10-27-11-9-19)12-21-17(24)15(20-18(21)25)6-7-16(22)23/h2-5,15H,6-12H2,1H3,(H,20,25)(H,22,23)/t15-/m0/s1. The van der Waals surface area contributed by atoms with E-state index >= 15 is 0 Å². The van der Waals surface area contributed by atoms with Crippen LogP contribution in [-0.4, -0.2) is 60.8 Å². The highest BCUT2D eigenvalue weighted by molar-refractivity contribution is 6.04. The van der Waals surface area contributed by atoms with Gasteiger partial charge in [-0.25, -0.2) is 4.79 Å². The first-order valence-electron chi connectivity index (χ1n) is 9.01. The molecule has 2 N–H and O–H groups in total. The molecule has 0 radical (unpaired) electrons. The molecule has 0 bridgehead atoms. The summed E-state index contributed by atoms with van der Waals surface area (Å²) in [5.41, 5.74) is 0.639. The van der Waals surface area contributed by atoms with Gasteiger partial charge in [0.1, 0.15) is 11.8 Å². The first-order valence-corrected chi connectivity index (χ1v) is 9.01. The van der Waals surface area contributed by atoms with E-state index in [4.69, 9.17) is 14.6 Å². The number of urea groups is 1. The van der Waals surface area contributed by atoms with Gasteiger partial charge in [0.15, 0.2) is 0 Å². The minimum atomic E-state index is -0.991. The first-order chi connectivity index (χ1) is 12.9. The van der Waals surface area contributed by atoms with Crippen molar-refractivity contribution in [2.75, 3.05) is 26.9 Å². The lowest BCUT2D eigenvalue weighted by molar-refractivity contribution is -0.137. The Kier molecular flexibility index (Phi) is 5.65. The van der Waals surface area contributed by atoms with E-state index in [1.165, 1.54) is 4.90 Å². The van der Waals surface area contributed by atoms with Crippen LogP contribution in [0, 0.1) is 0 Å². The molecule has 0 saturated carbocycles. The minimum Gasteiger partial charge on any atom is -0.497 e. The number of aliphatic carboxylic acids is 1. The molecule has 2 heterocycles. The molecule has 1 aromatic rings. The van der Waals surface area contributed by atoms with Crippen molar-refractivity contribution < 1.29 is 29.0 Å².